The van der Waals surface area contributed by atoms with E-state index in [2.05, 4.69) is 20.8 Å². The van der Waals surface area contributed by atoms with Crippen molar-refractivity contribution in [2.45, 2.75) is 0 Å². The van der Waals surface area contributed by atoms with Gasteiger partial charge >= 0.3 is 11.8 Å². The molecular formula is C15H12N4O3. The Kier molecular flexibility index (Phi) is 3.45. The summed E-state index contributed by atoms with van der Waals surface area (Å²) in [5.41, 5.74) is 1.39. The second-order valence-corrected chi connectivity index (χ2v) is 4.60. The molecule has 0 aliphatic heterocycles. The number of hydrogen-bond donors (Lipinski definition) is 4. The van der Waals surface area contributed by atoms with E-state index in [9.17, 15) is 14.7 Å². The number of para-hydroxylation sites is 2. The number of hydrogen-bond acceptors (Lipinski definition) is 4. The number of aromatic hydroxyl groups is 1. The van der Waals surface area contributed by atoms with Crippen molar-refractivity contribution in [3.8, 4) is 5.75 Å². The van der Waals surface area contributed by atoms with E-state index in [0.717, 1.165) is 10.9 Å². The van der Waals surface area contributed by atoms with E-state index >= 15 is 0 Å². The fourth-order valence-corrected chi connectivity index (χ4v) is 1.96. The smallest absolute Gasteiger partial charge is 0.314 e. The van der Waals surface area contributed by atoms with Crippen molar-refractivity contribution >= 4 is 34.1 Å². The SMILES string of the molecule is O=C(Nc1ccc2cn[nH]c2c1)C(=O)Nc1ccccc1O. The largest absolute Gasteiger partial charge is 0.506 e. The number of amides is 2. The lowest BCUT2D eigenvalue weighted by Gasteiger charge is -2.07. The van der Waals surface area contributed by atoms with Gasteiger partial charge in [0.25, 0.3) is 0 Å². The molecule has 0 saturated heterocycles. The molecule has 0 radical (unpaired) electrons. The average Bonchev–Trinajstić information content (AvgIpc) is 2.97. The number of nitrogens with zero attached hydrogens (tertiary/aromatic N) is 1. The highest BCUT2D eigenvalue weighted by Gasteiger charge is 2.15. The minimum Gasteiger partial charge on any atom is -0.506 e. The van der Waals surface area contributed by atoms with Crippen molar-refractivity contribution < 1.29 is 14.7 Å². The maximum absolute atomic E-state index is 11.9. The first kappa shape index (κ1) is 13.6. The number of benzene rings is 2. The Bertz CT molecular complexity index is 857. The summed E-state index contributed by atoms with van der Waals surface area (Å²) in [6, 6.07) is 11.3. The highest BCUT2D eigenvalue weighted by atomic mass is 16.3. The van der Waals surface area contributed by atoms with Crippen molar-refractivity contribution in [1.82, 2.24) is 10.2 Å². The van der Waals surface area contributed by atoms with Gasteiger partial charge in [0.05, 0.1) is 17.4 Å². The number of H-pyrrole nitrogens is 1. The number of carbonyl (C=O) groups excluding carboxylic acids is 2. The lowest BCUT2D eigenvalue weighted by molar-refractivity contribution is -0.133. The van der Waals surface area contributed by atoms with E-state index < -0.39 is 11.8 Å². The van der Waals surface area contributed by atoms with E-state index in [1.807, 2.05) is 0 Å². The number of fused-ring (bicyclic) bond motifs is 1. The minimum atomic E-state index is -0.869. The Balaban J connectivity index is 1.70. The van der Waals surface area contributed by atoms with Gasteiger partial charge in [0.1, 0.15) is 5.75 Å². The van der Waals surface area contributed by atoms with Gasteiger partial charge in [0.2, 0.25) is 0 Å². The predicted octanol–water partition coefficient (Wildman–Crippen LogP) is 1.85. The molecule has 7 heteroatoms. The molecule has 1 heterocycles. The number of aromatic nitrogens is 2. The van der Waals surface area contributed by atoms with Gasteiger partial charge < -0.3 is 15.7 Å². The fourth-order valence-electron chi connectivity index (χ4n) is 1.96. The molecule has 1 aromatic heterocycles. The van der Waals surface area contributed by atoms with E-state index in [1.54, 1.807) is 36.5 Å². The molecule has 0 fully saturated rings. The zero-order valence-corrected chi connectivity index (χ0v) is 11.3. The first-order chi connectivity index (χ1) is 10.6. The number of phenolic OH excluding ortho intramolecular Hbond substituents is 1. The van der Waals surface area contributed by atoms with Gasteiger partial charge in [-0.05, 0) is 30.3 Å². The first-order valence-electron chi connectivity index (χ1n) is 6.47. The molecule has 3 rings (SSSR count). The summed E-state index contributed by atoms with van der Waals surface area (Å²) in [5.74, 6) is -1.81. The number of carbonyl (C=O) groups is 2. The van der Waals surface area contributed by atoms with Gasteiger partial charge in [-0.2, -0.15) is 5.10 Å². The van der Waals surface area contributed by atoms with Crippen LogP contribution in [0, 0.1) is 0 Å². The van der Waals surface area contributed by atoms with Crippen LogP contribution < -0.4 is 10.6 Å². The second kappa shape index (κ2) is 5.57. The molecular weight excluding hydrogens is 284 g/mol. The van der Waals surface area contributed by atoms with Gasteiger partial charge in [-0.15, -0.1) is 0 Å². The number of anilines is 2. The molecule has 4 N–H and O–H groups in total. The molecule has 0 atom stereocenters. The van der Waals surface area contributed by atoms with Crippen molar-refractivity contribution in [3.05, 3.63) is 48.7 Å². The molecule has 7 nitrogen and oxygen atoms in total. The fraction of sp³-hybridized carbons (Fsp3) is 0. The molecule has 0 bridgehead atoms. The topological polar surface area (TPSA) is 107 Å². The third-order valence-electron chi connectivity index (χ3n) is 3.06. The Labute approximate surface area is 125 Å². The summed E-state index contributed by atoms with van der Waals surface area (Å²) in [4.78, 5) is 23.7. The van der Waals surface area contributed by atoms with Crippen LogP contribution in [0.1, 0.15) is 0 Å². The standard InChI is InChI=1S/C15H12N4O3/c20-13-4-2-1-3-11(13)18-15(22)14(21)17-10-6-5-9-8-16-19-12(9)7-10/h1-8,20H,(H,16,19)(H,17,21)(H,18,22). The number of nitrogens with one attached hydrogen (secondary N) is 3. The Morgan fingerprint density at radius 1 is 1.05 bits per heavy atom. The van der Waals surface area contributed by atoms with Crippen LogP contribution >= 0.6 is 0 Å². The maximum Gasteiger partial charge on any atom is 0.314 e. The van der Waals surface area contributed by atoms with Crippen LogP contribution in [-0.2, 0) is 9.59 Å². The molecule has 0 aliphatic rings. The van der Waals surface area contributed by atoms with Crippen molar-refractivity contribution in [2.75, 3.05) is 10.6 Å². The Morgan fingerprint density at radius 3 is 2.64 bits per heavy atom. The molecule has 2 amide bonds. The van der Waals surface area contributed by atoms with E-state index in [4.69, 9.17) is 0 Å². The zero-order chi connectivity index (χ0) is 15.5. The summed E-state index contributed by atoms with van der Waals surface area (Å²) < 4.78 is 0. The van der Waals surface area contributed by atoms with Crippen LogP contribution in [0.5, 0.6) is 5.75 Å². The molecule has 3 aromatic rings. The summed E-state index contributed by atoms with van der Waals surface area (Å²) in [5, 5.41) is 21.9. The van der Waals surface area contributed by atoms with Crippen molar-refractivity contribution in [2.24, 2.45) is 0 Å². The lowest BCUT2D eigenvalue weighted by atomic mass is 10.2. The molecule has 110 valence electrons. The summed E-state index contributed by atoms with van der Waals surface area (Å²) in [6.45, 7) is 0. The summed E-state index contributed by atoms with van der Waals surface area (Å²) in [6.07, 6.45) is 1.66. The predicted molar refractivity (Wildman–Crippen MR) is 81.5 cm³/mol. The van der Waals surface area contributed by atoms with Crippen molar-refractivity contribution in [1.29, 1.82) is 0 Å². The van der Waals surface area contributed by atoms with E-state index in [-0.39, 0.29) is 11.4 Å². The third kappa shape index (κ3) is 2.73. The maximum atomic E-state index is 11.9. The Morgan fingerprint density at radius 2 is 1.82 bits per heavy atom. The number of aromatic amines is 1. The van der Waals surface area contributed by atoms with Crippen LogP contribution in [0.25, 0.3) is 10.9 Å². The highest BCUT2D eigenvalue weighted by molar-refractivity contribution is 6.43. The summed E-state index contributed by atoms with van der Waals surface area (Å²) >= 11 is 0. The normalized spacial score (nSPS) is 10.4. The zero-order valence-electron chi connectivity index (χ0n) is 11.3. The monoisotopic (exact) mass is 296 g/mol. The molecule has 0 aliphatic carbocycles. The van der Waals surface area contributed by atoms with Gasteiger partial charge in [-0.25, -0.2) is 0 Å². The molecule has 22 heavy (non-hydrogen) atoms. The van der Waals surface area contributed by atoms with Gasteiger partial charge in [-0.1, -0.05) is 12.1 Å². The number of phenols is 1. The lowest BCUT2D eigenvalue weighted by Crippen LogP contribution is -2.29. The second-order valence-electron chi connectivity index (χ2n) is 4.60. The van der Waals surface area contributed by atoms with Gasteiger partial charge in [-0.3, -0.25) is 14.7 Å². The minimum absolute atomic E-state index is 0.109. The molecule has 0 saturated carbocycles. The number of rotatable bonds is 2. The van der Waals surface area contributed by atoms with Crippen molar-refractivity contribution in [3.63, 3.8) is 0 Å². The van der Waals surface area contributed by atoms with Crippen LogP contribution in [0.2, 0.25) is 0 Å². The summed E-state index contributed by atoms with van der Waals surface area (Å²) in [7, 11) is 0. The van der Waals surface area contributed by atoms with Gasteiger partial charge in [0.15, 0.2) is 0 Å². The van der Waals surface area contributed by atoms with E-state index in [1.165, 1.54) is 12.1 Å². The van der Waals surface area contributed by atoms with Crippen LogP contribution in [0.4, 0.5) is 11.4 Å². The molecule has 0 spiro atoms. The highest BCUT2D eigenvalue weighted by Crippen LogP contribution is 2.21. The van der Waals surface area contributed by atoms with Gasteiger partial charge in [0, 0.05) is 11.1 Å². The van der Waals surface area contributed by atoms with E-state index in [0.29, 0.717) is 5.69 Å². The van der Waals surface area contributed by atoms with Crippen LogP contribution in [-0.4, -0.2) is 27.1 Å². The first-order valence-corrected chi connectivity index (χ1v) is 6.47. The Hall–Kier alpha value is -3.35. The molecule has 2 aromatic carbocycles. The molecule has 0 unspecified atom stereocenters. The third-order valence-corrected chi connectivity index (χ3v) is 3.06. The quantitative estimate of drug-likeness (QED) is 0.427. The van der Waals surface area contributed by atoms with Crippen LogP contribution in [0.3, 0.4) is 0 Å². The van der Waals surface area contributed by atoms with Crippen LogP contribution in [0.15, 0.2) is 48.7 Å². The average molecular weight is 296 g/mol.